The Kier molecular flexibility index (Phi) is 7.52. The Hall–Kier alpha value is -0.250. The van der Waals surface area contributed by atoms with Gasteiger partial charge in [0.25, 0.3) is 0 Å². The molecule has 0 bridgehead atoms. The van der Waals surface area contributed by atoms with Crippen LogP contribution in [0.4, 0.5) is 0 Å². The molecular formula is C17H27BrClNO. The predicted molar refractivity (Wildman–Crippen MR) is 95.8 cm³/mol. The first kappa shape index (κ1) is 18.8. The fourth-order valence-corrected chi connectivity index (χ4v) is 3.08. The van der Waals surface area contributed by atoms with Crippen LogP contribution in [-0.4, -0.2) is 19.7 Å². The van der Waals surface area contributed by atoms with Gasteiger partial charge in [0, 0.05) is 10.0 Å². The van der Waals surface area contributed by atoms with E-state index in [1.165, 1.54) is 24.9 Å². The van der Waals surface area contributed by atoms with Crippen molar-refractivity contribution in [2.24, 2.45) is 5.92 Å². The Morgan fingerprint density at radius 3 is 2.71 bits per heavy atom. The third-order valence-corrected chi connectivity index (χ3v) is 4.43. The maximum atomic E-state index is 6.07. The second kappa shape index (κ2) is 8.40. The van der Waals surface area contributed by atoms with E-state index in [0.29, 0.717) is 0 Å². The molecule has 1 aliphatic rings. The Labute approximate surface area is 143 Å². The highest BCUT2D eigenvalue weighted by atomic mass is 79.9. The van der Waals surface area contributed by atoms with E-state index in [1.54, 1.807) is 0 Å². The number of hydrogen-bond acceptors (Lipinski definition) is 2. The Balaban J connectivity index is 0.00000220. The second-order valence-electron chi connectivity index (χ2n) is 6.74. The van der Waals surface area contributed by atoms with Crippen molar-refractivity contribution in [3.8, 4) is 5.75 Å². The zero-order chi connectivity index (χ0) is 14.6. The molecule has 1 unspecified atom stereocenters. The van der Waals surface area contributed by atoms with Crippen LogP contribution in [0.2, 0.25) is 0 Å². The standard InChI is InChI=1S/C17H26BrNO.ClH/c1-17(2,3)15-11-14(18)6-7-16(15)20-10-8-13-5-4-9-19-12-13;/h6-7,11,13,19H,4-5,8-10,12H2,1-3H3;1H. The van der Waals surface area contributed by atoms with Gasteiger partial charge >= 0.3 is 0 Å². The van der Waals surface area contributed by atoms with Gasteiger partial charge < -0.3 is 10.1 Å². The molecule has 0 saturated carbocycles. The fourth-order valence-electron chi connectivity index (χ4n) is 2.72. The number of halogens is 2. The number of rotatable bonds is 4. The van der Waals surface area contributed by atoms with Crippen LogP contribution in [-0.2, 0) is 5.41 Å². The minimum Gasteiger partial charge on any atom is -0.493 e. The maximum absolute atomic E-state index is 6.07. The second-order valence-corrected chi connectivity index (χ2v) is 7.66. The van der Waals surface area contributed by atoms with Crippen molar-refractivity contribution >= 4 is 28.3 Å². The molecule has 1 aromatic carbocycles. The summed E-state index contributed by atoms with van der Waals surface area (Å²) < 4.78 is 7.19. The number of benzene rings is 1. The van der Waals surface area contributed by atoms with Gasteiger partial charge in [-0.05, 0) is 61.9 Å². The first-order chi connectivity index (χ1) is 9.47. The van der Waals surface area contributed by atoms with Crippen molar-refractivity contribution in [1.82, 2.24) is 5.32 Å². The molecule has 0 aromatic heterocycles. The van der Waals surface area contributed by atoms with Crippen LogP contribution in [0.1, 0.15) is 45.6 Å². The van der Waals surface area contributed by atoms with Gasteiger partial charge in [-0.2, -0.15) is 0 Å². The lowest BCUT2D eigenvalue weighted by Crippen LogP contribution is -2.30. The van der Waals surface area contributed by atoms with Crippen LogP contribution in [0.5, 0.6) is 5.75 Å². The van der Waals surface area contributed by atoms with Gasteiger partial charge in [-0.3, -0.25) is 0 Å². The third-order valence-electron chi connectivity index (χ3n) is 3.93. The minimum atomic E-state index is 0. The molecule has 1 saturated heterocycles. The zero-order valence-electron chi connectivity index (χ0n) is 13.2. The van der Waals surface area contributed by atoms with E-state index < -0.39 is 0 Å². The third kappa shape index (κ3) is 5.80. The molecule has 0 aliphatic carbocycles. The molecule has 4 heteroatoms. The van der Waals surface area contributed by atoms with Gasteiger partial charge in [0.2, 0.25) is 0 Å². The molecule has 2 rings (SSSR count). The number of ether oxygens (including phenoxy) is 1. The Morgan fingerprint density at radius 2 is 2.10 bits per heavy atom. The van der Waals surface area contributed by atoms with E-state index in [9.17, 15) is 0 Å². The Morgan fingerprint density at radius 1 is 1.33 bits per heavy atom. The van der Waals surface area contributed by atoms with Crippen LogP contribution >= 0.6 is 28.3 Å². The summed E-state index contributed by atoms with van der Waals surface area (Å²) in [5, 5.41) is 3.46. The first-order valence-corrected chi connectivity index (χ1v) is 8.39. The fraction of sp³-hybridized carbons (Fsp3) is 0.647. The molecule has 1 fully saturated rings. The summed E-state index contributed by atoms with van der Waals surface area (Å²) in [6.45, 7) is 9.83. The largest absolute Gasteiger partial charge is 0.493 e. The van der Waals surface area contributed by atoms with E-state index in [2.05, 4.69) is 60.2 Å². The van der Waals surface area contributed by atoms with Crippen LogP contribution in [0.3, 0.4) is 0 Å². The molecule has 0 amide bonds. The molecule has 1 atom stereocenters. The first-order valence-electron chi connectivity index (χ1n) is 7.60. The molecule has 21 heavy (non-hydrogen) atoms. The van der Waals surface area contributed by atoms with Crippen LogP contribution in [0.25, 0.3) is 0 Å². The van der Waals surface area contributed by atoms with Crippen LogP contribution in [0.15, 0.2) is 22.7 Å². The normalized spacial score (nSPS) is 19.0. The van der Waals surface area contributed by atoms with Crippen molar-refractivity contribution < 1.29 is 4.74 Å². The molecule has 0 radical (unpaired) electrons. The summed E-state index contributed by atoms with van der Waals surface area (Å²) in [4.78, 5) is 0. The molecule has 1 aromatic rings. The van der Waals surface area contributed by atoms with Gasteiger partial charge in [0.05, 0.1) is 6.61 Å². The van der Waals surface area contributed by atoms with Crippen molar-refractivity contribution in [3.63, 3.8) is 0 Å². The smallest absolute Gasteiger partial charge is 0.123 e. The maximum Gasteiger partial charge on any atom is 0.123 e. The predicted octanol–water partition coefficient (Wildman–Crippen LogP) is 4.94. The molecule has 2 nitrogen and oxygen atoms in total. The molecule has 120 valence electrons. The lowest BCUT2D eigenvalue weighted by Gasteiger charge is -2.25. The molecule has 1 aliphatic heterocycles. The topological polar surface area (TPSA) is 21.3 Å². The highest BCUT2D eigenvalue weighted by Gasteiger charge is 2.20. The quantitative estimate of drug-likeness (QED) is 0.804. The average molecular weight is 377 g/mol. The van der Waals surface area contributed by atoms with Crippen molar-refractivity contribution in [2.75, 3.05) is 19.7 Å². The molecule has 0 spiro atoms. The SMILES string of the molecule is CC(C)(C)c1cc(Br)ccc1OCCC1CCCNC1.Cl. The van der Waals surface area contributed by atoms with E-state index in [0.717, 1.165) is 35.7 Å². The van der Waals surface area contributed by atoms with Gasteiger partial charge in [0.15, 0.2) is 0 Å². The molecular weight excluding hydrogens is 350 g/mol. The number of piperidine rings is 1. The Bertz CT molecular complexity index is 439. The van der Waals surface area contributed by atoms with E-state index >= 15 is 0 Å². The number of hydrogen-bond donors (Lipinski definition) is 1. The van der Waals surface area contributed by atoms with Gasteiger partial charge in [-0.15, -0.1) is 12.4 Å². The highest BCUT2D eigenvalue weighted by Crippen LogP contribution is 2.33. The van der Waals surface area contributed by atoms with Crippen LogP contribution < -0.4 is 10.1 Å². The van der Waals surface area contributed by atoms with Gasteiger partial charge in [-0.1, -0.05) is 36.7 Å². The van der Waals surface area contributed by atoms with Crippen LogP contribution in [0, 0.1) is 5.92 Å². The van der Waals surface area contributed by atoms with Crippen molar-refractivity contribution in [3.05, 3.63) is 28.2 Å². The van der Waals surface area contributed by atoms with E-state index in [1.807, 2.05) is 0 Å². The molecule has 1 heterocycles. The van der Waals surface area contributed by atoms with Crippen molar-refractivity contribution in [2.45, 2.75) is 45.4 Å². The number of nitrogens with one attached hydrogen (secondary N) is 1. The summed E-state index contributed by atoms with van der Waals surface area (Å²) in [5.74, 6) is 1.81. The summed E-state index contributed by atoms with van der Waals surface area (Å²) >= 11 is 3.56. The molecule has 1 N–H and O–H groups in total. The van der Waals surface area contributed by atoms with Gasteiger partial charge in [0.1, 0.15) is 5.75 Å². The summed E-state index contributed by atoms with van der Waals surface area (Å²) in [6.07, 6.45) is 3.78. The summed E-state index contributed by atoms with van der Waals surface area (Å²) in [7, 11) is 0. The van der Waals surface area contributed by atoms with Gasteiger partial charge in [-0.25, -0.2) is 0 Å². The summed E-state index contributed by atoms with van der Waals surface area (Å²) in [5.41, 5.74) is 1.37. The highest BCUT2D eigenvalue weighted by molar-refractivity contribution is 9.10. The lowest BCUT2D eigenvalue weighted by atomic mass is 9.86. The van der Waals surface area contributed by atoms with Crippen molar-refractivity contribution in [1.29, 1.82) is 0 Å². The monoisotopic (exact) mass is 375 g/mol. The average Bonchev–Trinajstić information content (AvgIpc) is 2.40. The zero-order valence-corrected chi connectivity index (χ0v) is 15.6. The lowest BCUT2D eigenvalue weighted by molar-refractivity contribution is 0.250. The van der Waals surface area contributed by atoms with E-state index in [-0.39, 0.29) is 17.8 Å². The van der Waals surface area contributed by atoms with E-state index in [4.69, 9.17) is 4.74 Å². The minimum absolute atomic E-state index is 0. The summed E-state index contributed by atoms with van der Waals surface area (Å²) in [6, 6.07) is 6.33.